The van der Waals surface area contributed by atoms with Gasteiger partial charge < -0.3 is 10.6 Å². The lowest BCUT2D eigenvalue weighted by Crippen LogP contribution is -2.25. The van der Waals surface area contributed by atoms with E-state index >= 15 is 0 Å². The molecule has 0 fully saturated rings. The van der Waals surface area contributed by atoms with Crippen molar-refractivity contribution >= 4 is 11.6 Å². The van der Waals surface area contributed by atoms with E-state index in [1.54, 1.807) is 12.3 Å². The van der Waals surface area contributed by atoms with E-state index < -0.39 is 0 Å². The summed E-state index contributed by atoms with van der Waals surface area (Å²) < 4.78 is 0. The third-order valence-corrected chi connectivity index (χ3v) is 3.34. The van der Waals surface area contributed by atoms with Crippen LogP contribution in [0.15, 0.2) is 48.7 Å². The summed E-state index contributed by atoms with van der Waals surface area (Å²) in [6.07, 6.45) is 4.59. The Labute approximate surface area is 132 Å². The summed E-state index contributed by atoms with van der Waals surface area (Å²) >= 11 is 0. The molecule has 2 rings (SSSR count). The molecule has 116 valence electrons. The molecule has 4 nitrogen and oxygen atoms in total. The first-order valence-electron chi connectivity index (χ1n) is 7.81. The van der Waals surface area contributed by atoms with Crippen LogP contribution in [0, 0.1) is 0 Å². The predicted octanol–water partition coefficient (Wildman–Crippen LogP) is 3.27. The van der Waals surface area contributed by atoms with Crippen molar-refractivity contribution in [3.05, 3.63) is 59.9 Å². The van der Waals surface area contributed by atoms with E-state index in [1.807, 2.05) is 24.3 Å². The Kier molecular flexibility index (Phi) is 6.42. The number of carbonyl (C=O) groups is 1. The number of pyridine rings is 1. The van der Waals surface area contributed by atoms with Gasteiger partial charge in [0, 0.05) is 25.0 Å². The zero-order valence-corrected chi connectivity index (χ0v) is 13.0. The van der Waals surface area contributed by atoms with Crippen molar-refractivity contribution in [1.29, 1.82) is 0 Å². The topological polar surface area (TPSA) is 54.0 Å². The number of anilines is 1. The molecule has 0 aliphatic heterocycles. The van der Waals surface area contributed by atoms with Crippen molar-refractivity contribution in [2.45, 2.75) is 26.2 Å². The summed E-state index contributed by atoms with van der Waals surface area (Å²) in [5.74, 6) is -0.117. The minimum Gasteiger partial charge on any atom is -0.385 e. The molecule has 0 unspecified atom stereocenters. The zero-order valence-electron chi connectivity index (χ0n) is 13.0. The fraction of sp³-hybridized carbons (Fsp3) is 0.333. The maximum Gasteiger partial charge on any atom is 0.269 e. The van der Waals surface area contributed by atoms with Gasteiger partial charge in [0.25, 0.3) is 5.91 Å². The number of amides is 1. The summed E-state index contributed by atoms with van der Waals surface area (Å²) in [7, 11) is 0. The van der Waals surface area contributed by atoms with Gasteiger partial charge in [0.2, 0.25) is 0 Å². The summed E-state index contributed by atoms with van der Waals surface area (Å²) in [6, 6.07) is 14.0. The van der Waals surface area contributed by atoms with E-state index in [0.717, 1.165) is 31.5 Å². The first kappa shape index (κ1) is 16.0. The molecule has 0 bridgehead atoms. The maximum atomic E-state index is 12.1. The summed E-state index contributed by atoms with van der Waals surface area (Å²) in [5.41, 5.74) is 2.69. The maximum absolute atomic E-state index is 12.1. The Balaban J connectivity index is 1.77. The first-order valence-corrected chi connectivity index (χ1v) is 7.81. The Morgan fingerprint density at radius 2 is 1.95 bits per heavy atom. The van der Waals surface area contributed by atoms with Crippen molar-refractivity contribution in [2.24, 2.45) is 0 Å². The zero-order chi connectivity index (χ0) is 15.6. The van der Waals surface area contributed by atoms with E-state index in [1.165, 1.54) is 5.56 Å². The van der Waals surface area contributed by atoms with Crippen LogP contribution in [0.25, 0.3) is 0 Å². The van der Waals surface area contributed by atoms with Crippen LogP contribution in [0.3, 0.4) is 0 Å². The number of rotatable bonds is 8. The molecule has 0 saturated heterocycles. The van der Waals surface area contributed by atoms with Crippen LogP contribution < -0.4 is 10.6 Å². The van der Waals surface area contributed by atoms with Crippen LogP contribution >= 0.6 is 0 Å². The van der Waals surface area contributed by atoms with Gasteiger partial charge in [0.05, 0.1) is 0 Å². The van der Waals surface area contributed by atoms with Crippen molar-refractivity contribution in [1.82, 2.24) is 10.3 Å². The molecule has 1 aromatic heterocycles. The number of nitrogens with one attached hydrogen (secondary N) is 2. The van der Waals surface area contributed by atoms with Crippen LogP contribution in [0.5, 0.6) is 0 Å². The van der Waals surface area contributed by atoms with Crippen LogP contribution in [-0.2, 0) is 6.42 Å². The molecule has 1 aromatic carbocycles. The second kappa shape index (κ2) is 8.82. The number of carbonyl (C=O) groups excluding carboxylic acids is 1. The number of nitrogens with zero attached hydrogens (tertiary/aromatic N) is 1. The lowest BCUT2D eigenvalue weighted by molar-refractivity contribution is 0.0948. The predicted molar refractivity (Wildman–Crippen MR) is 90.1 cm³/mol. The average molecular weight is 297 g/mol. The Morgan fingerprint density at radius 1 is 1.14 bits per heavy atom. The van der Waals surface area contributed by atoms with Gasteiger partial charge in [-0.2, -0.15) is 0 Å². The lowest BCUT2D eigenvalue weighted by Gasteiger charge is -2.08. The fourth-order valence-electron chi connectivity index (χ4n) is 2.16. The van der Waals surface area contributed by atoms with Gasteiger partial charge >= 0.3 is 0 Å². The van der Waals surface area contributed by atoms with E-state index in [2.05, 4.69) is 34.7 Å². The second-order valence-electron chi connectivity index (χ2n) is 5.20. The highest BCUT2D eigenvalue weighted by atomic mass is 16.1. The van der Waals surface area contributed by atoms with E-state index in [9.17, 15) is 4.79 Å². The average Bonchev–Trinajstić information content (AvgIpc) is 2.58. The van der Waals surface area contributed by atoms with Crippen molar-refractivity contribution in [2.75, 3.05) is 18.4 Å². The minimum atomic E-state index is -0.117. The van der Waals surface area contributed by atoms with Crippen molar-refractivity contribution in [3.63, 3.8) is 0 Å². The number of aryl methyl sites for hydroxylation is 1. The lowest BCUT2D eigenvalue weighted by atomic mass is 10.1. The first-order chi connectivity index (χ1) is 10.8. The molecule has 0 radical (unpaired) electrons. The SMILES string of the molecule is CCCNc1ccnc(C(=O)NCCCc2ccccc2)c1. The van der Waals surface area contributed by atoms with E-state index in [-0.39, 0.29) is 5.91 Å². The Bertz CT molecular complexity index is 584. The van der Waals surface area contributed by atoms with Gasteiger partial charge in [-0.25, -0.2) is 0 Å². The van der Waals surface area contributed by atoms with E-state index in [4.69, 9.17) is 0 Å². The highest BCUT2D eigenvalue weighted by Gasteiger charge is 2.07. The quantitative estimate of drug-likeness (QED) is 0.735. The number of hydrogen-bond donors (Lipinski definition) is 2. The van der Waals surface area contributed by atoms with Crippen LogP contribution in [0.4, 0.5) is 5.69 Å². The van der Waals surface area contributed by atoms with E-state index in [0.29, 0.717) is 12.2 Å². The van der Waals surface area contributed by atoms with Crippen LogP contribution in [0.1, 0.15) is 35.8 Å². The minimum absolute atomic E-state index is 0.117. The van der Waals surface area contributed by atoms with Gasteiger partial charge in [-0.15, -0.1) is 0 Å². The molecule has 0 atom stereocenters. The van der Waals surface area contributed by atoms with Crippen LogP contribution in [0.2, 0.25) is 0 Å². The smallest absolute Gasteiger partial charge is 0.269 e. The summed E-state index contributed by atoms with van der Waals surface area (Å²) in [5, 5.41) is 6.18. The monoisotopic (exact) mass is 297 g/mol. The van der Waals surface area contributed by atoms with Gasteiger partial charge in [0.15, 0.2) is 0 Å². The van der Waals surface area contributed by atoms with Gasteiger partial charge in [-0.1, -0.05) is 37.3 Å². The molecule has 22 heavy (non-hydrogen) atoms. The fourth-order valence-corrected chi connectivity index (χ4v) is 2.16. The molecule has 1 amide bonds. The molecule has 0 spiro atoms. The molecule has 2 aromatic rings. The standard InChI is InChI=1S/C18H23N3O/c1-2-11-19-16-10-13-20-17(14-16)18(22)21-12-6-9-15-7-4-3-5-8-15/h3-5,7-8,10,13-14H,2,6,9,11-12H2,1H3,(H,19,20)(H,21,22). The normalized spacial score (nSPS) is 10.2. The Hall–Kier alpha value is -2.36. The van der Waals surface area contributed by atoms with Crippen LogP contribution in [-0.4, -0.2) is 24.0 Å². The summed E-state index contributed by atoms with van der Waals surface area (Å²) in [4.78, 5) is 16.2. The molecule has 0 aliphatic carbocycles. The van der Waals surface area contributed by atoms with Gasteiger partial charge in [0.1, 0.15) is 5.69 Å². The third-order valence-electron chi connectivity index (χ3n) is 3.34. The van der Waals surface area contributed by atoms with Gasteiger partial charge in [-0.05, 0) is 37.0 Å². The molecule has 2 N–H and O–H groups in total. The number of aromatic nitrogens is 1. The number of hydrogen-bond acceptors (Lipinski definition) is 3. The molecule has 1 heterocycles. The highest BCUT2D eigenvalue weighted by Crippen LogP contribution is 2.08. The molecule has 4 heteroatoms. The Morgan fingerprint density at radius 3 is 2.73 bits per heavy atom. The second-order valence-corrected chi connectivity index (χ2v) is 5.20. The number of benzene rings is 1. The third kappa shape index (κ3) is 5.20. The highest BCUT2D eigenvalue weighted by molar-refractivity contribution is 5.93. The molecule has 0 saturated carbocycles. The molecular formula is C18H23N3O. The molecular weight excluding hydrogens is 274 g/mol. The molecule has 0 aliphatic rings. The van der Waals surface area contributed by atoms with Gasteiger partial charge in [-0.3, -0.25) is 9.78 Å². The van der Waals surface area contributed by atoms with Crippen molar-refractivity contribution < 1.29 is 4.79 Å². The summed E-state index contributed by atoms with van der Waals surface area (Å²) in [6.45, 7) is 3.65. The largest absolute Gasteiger partial charge is 0.385 e. The van der Waals surface area contributed by atoms with Crippen molar-refractivity contribution in [3.8, 4) is 0 Å².